The molecule has 142 valence electrons. The zero-order chi connectivity index (χ0) is 19.7. The van der Waals surface area contributed by atoms with Gasteiger partial charge in [0.2, 0.25) is 5.91 Å². The van der Waals surface area contributed by atoms with Gasteiger partial charge < -0.3 is 14.6 Å². The number of hydrogen-bond acceptors (Lipinski definition) is 4. The first-order valence-corrected chi connectivity index (χ1v) is 10.2. The van der Waals surface area contributed by atoms with Gasteiger partial charge >= 0.3 is 0 Å². The maximum Gasteiger partial charge on any atom is 0.250 e. The molecule has 4 rings (SSSR count). The van der Waals surface area contributed by atoms with E-state index in [1.165, 1.54) is 0 Å². The van der Waals surface area contributed by atoms with Crippen LogP contribution in [0.5, 0.6) is 0 Å². The van der Waals surface area contributed by atoms with Gasteiger partial charge in [-0.2, -0.15) is 5.26 Å². The Bertz CT molecular complexity index is 1060. The molecule has 0 bridgehead atoms. The van der Waals surface area contributed by atoms with Crippen molar-refractivity contribution in [1.82, 2.24) is 4.57 Å². The van der Waals surface area contributed by atoms with E-state index in [0.717, 1.165) is 40.2 Å². The number of anilines is 1. The molecule has 1 aliphatic rings. The Balaban J connectivity index is 1.94. The van der Waals surface area contributed by atoms with Crippen molar-refractivity contribution in [2.75, 3.05) is 11.9 Å². The minimum absolute atomic E-state index is 0.0185. The van der Waals surface area contributed by atoms with Crippen molar-refractivity contribution < 1.29 is 9.53 Å². The van der Waals surface area contributed by atoms with Crippen LogP contribution < -0.4 is 5.32 Å². The minimum atomic E-state index is -0.670. The number of benzene rings is 1. The number of nitrogens with zero attached hydrogens (tertiary/aromatic N) is 2. The van der Waals surface area contributed by atoms with Crippen LogP contribution in [-0.4, -0.2) is 17.1 Å². The molecule has 3 heterocycles. The molecule has 0 spiro atoms. The fourth-order valence-corrected chi connectivity index (χ4v) is 4.83. The normalized spacial score (nSPS) is 18.8. The maximum absolute atomic E-state index is 12.3. The predicted octanol–water partition coefficient (Wildman–Crippen LogP) is 4.64. The lowest BCUT2D eigenvalue weighted by molar-refractivity contribution is -0.125. The van der Waals surface area contributed by atoms with E-state index >= 15 is 0 Å². The highest BCUT2D eigenvalue weighted by molar-refractivity contribution is 7.10. The van der Waals surface area contributed by atoms with Crippen molar-refractivity contribution in [2.24, 2.45) is 7.05 Å². The van der Waals surface area contributed by atoms with E-state index in [4.69, 9.17) is 4.74 Å². The van der Waals surface area contributed by atoms with Gasteiger partial charge in [0.25, 0.3) is 0 Å². The van der Waals surface area contributed by atoms with Crippen LogP contribution in [0.25, 0.3) is 11.3 Å². The zero-order valence-electron chi connectivity index (χ0n) is 15.9. The summed E-state index contributed by atoms with van der Waals surface area (Å²) in [6.07, 6.45) is 1.69. The van der Waals surface area contributed by atoms with Crippen LogP contribution in [0.1, 0.15) is 35.9 Å². The van der Waals surface area contributed by atoms with Gasteiger partial charge in [-0.1, -0.05) is 25.5 Å². The standard InChI is InChI=1S/C22H21N3O2S/c1-3-10-22(20-5-4-11-28-20)17-12-15(19-9-7-16(13-23)25(19)2)6-8-18(17)24-21(26)14-27-22/h4-9,11-12H,3,10,14H2,1-2H3,(H,24,26). The lowest BCUT2D eigenvalue weighted by Gasteiger charge is -2.33. The van der Waals surface area contributed by atoms with E-state index in [-0.39, 0.29) is 12.5 Å². The number of nitrogens with one attached hydrogen (secondary N) is 1. The van der Waals surface area contributed by atoms with Crippen molar-refractivity contribution in [3.8, 4) is 17.3 Å². The molecule has 0 aliphatic carbocycles. The molecule has 1 atom stereocenters. The van der Waals surface area contributed by atoms with Crippen LogP contribution in [-0.2, 0) is 22.2 Å². The molecule has 0 saturated heterocycles. The molecule has 0 saturated carbocycles. The van der Waals surface area contributed by atoms with Crippen molar-refractivity contribution in [3.63, 3.8) is 0 Å². The number of rotatable bonds is 4. The molecule has 2 aromatic heterocycles. The van der Waals surface area contributed by atoms with Crippen LogP contribution in [0.2, 0.25) is 0 Å². The van der Waals surface area contributed by atoms with E-state index in [2.05, 4.69) is 30.4 Å². The van der Waals surface area contributed by atoms with Gasteiger partial charge in [-0.15, -0.1) is 11.3 Å². The molecule has 6 heteroatoms. The zero-order valence-corrected chi connectivity index (χ0v) is 16.7. The number of fused-ring (bicyclic) bond motifs is 1. The average molecular weight is 391 g/mol. The molecule has 5 nitrogen and oxygen atoms in total. The lowest BCUT2D eigenvalue weighted by atomic mass is 9.85. The number of carbonyl (C=O) groups excluding carboxylic acids is 1. The highest BCUT2D eigenvalue weighted by Gasteiger charge is 2.40. The van der Waals surface area contributed by atoms with E-state index in [9.17, 15) is 10.1 Å². The third kappa shape index (κ3) is 2.93. The number of amides is 1. The van der Waals surface area contributed by atoms with Gasteiger partial charge in [-0.3, -0.25) is 4.79 Å². The summed E-state index contributed by atoms with van der Waals surface area (Å²) in [6.45, 7) is 2.14. The molecule has 1 aliphatic heterocycles. The number of thiophene rings is 1. The third-order valence-corrected chi connectivity index (χ3v) is 6.24. The van der Waals surface area contributed by atoms with Crippen molar-refractivity contribution >= 4 is 22.9 Å². The van der Waals surface area contributed by atoms with Crippen LogP contribution in [0.3, 0.4) is 0 Å². The Morgan fingerprint density at radius 3 is 2.86 bits per heavy atom. The van der Waals surface area contributed by atoms with E-state index in [0.29, 0.717) is 5.69 Å². The fraction of sp³-hybridized carbons (Fsp3) is 0.273. The first-order valence-electron chi connectivity index (χ1n) is 9.27. The van der Waals surface area contributed by atoms with Gasteiger partial charge in [0.15, 0.2) is 0 Å². The van der Waals surface area contributed by atoms with Gasteiger partial charge in [0.05, 0.1) is 0 Å². The molecule has 1 unspecified atom stereocenters. The molecule has 3 aromatic rings. The van der Waals surface area contributed by atoms with Gasteiger partial charge in [0, 0.05) is 28.9 Å². The van der Waals surface area contributed by atoms with E-state index in [1.807, 2.05) is 47.3 Å². The number of aromatic nitrogens is 1. The Kier molecular flexibility index (Phi) is 4.80. The second-order valence-corrected chi connectivity index (χ2v) is 7.87. The van der Waals surface area contributed by atoms with E-state index < -0.39 is 5.60 Å². The molecule has 0 radical (unpaired) electrons. The summed E-state index contributed by atoms with van der Waals surface area (Å²) in [7, 11) is 1.89. The van der Waals surface area contributed by atoms with Crippen LogP contribution in [0.4, 0.5) is 5.69 Å². The molecular formula is C22H21N3O2S. The van der Waals surface area contributed by atoms with Crippen LogP contribution >= 0.6 is 11.3 Å². The van der Waals surface area contributed by atoms with Crippen molar-refractivity contribution in [1.29, 1.82) is 5.26 Å². The molecule has 1 aromatic carbocycles. The molecule has 1 N–H and O–H groups in total. The summed E-state index contributed by atoms with van der Waals surface area (Å²) in [5, 5.41) is 14.3. The molecule has 0 fully saturated rings. The van der Waals surface area contributed by atoms with Crippen molar-refractivity contribution in [2.45, 2.75) is 25.4 Å². The van der Waals surface area contributed by atoms with Gasteiger partial charge in [0.1, 0.15) is 24.0 Å². The number of nitriles is 1. The number of hydrogen-bond donors (Lipinski definition) is 1. The summed E-state index contributed by atoms with van der Waals surface area (Å²) >= 11 is 1.64. The Morgan fingerprint density at radius 1 is 1.32 bits per heavy atom. The Morgan fingerprint density at radius 2 is 2.18 bits per heavy atom. The van der Waals surface area contributed by atoms with Crippen molar-refractivity contribution in [3.05, 3.63) is 64.0 Å². The second kappa shape index (κ2) is 7.27. The molecular weight excluding hydrogens is 370 g/mol. The third-order valence-electron chi connectivity index (χ3n) is 5.23. The largest absolute Gasteiger partial charge is 0.355 e. The first-order chi connectivity index (χ1) is 13.6. The summed E-state index contributed by atoms with van der Waals surface area (Å²) in [5.41, 5.74) is 3.61. The minimum Gasteiger partial charge on any atom is -0.355 e. The first kappa shape index (κ1) is 18.5. The van der Waals surface area contributed by atoms with E-state index in [1.54, 1.807) is 11.3 Å². The highest BCUT2D eigenvalue weighted by Crippen LogP contribution is 2.46. The smallest absolute Gasteiger partial charge is 0.250 e. The molecule has 1 amide bonds. The second-order valence-electron chi connectivity index (χ2n) is 6.93. The lowest BCUT2D eigenvalue weighted by Crippen LogP contribution is -2.31. The molecule has 28 heavy (non-hydrogen) atoms. The maximum atomic E-state index is 12.3. The van der Waals surface area contributed by atoms with Crippen LogP contribution in [0, 0.1) is 11.3 Å². The summed E-state index contributed by atoms with van der Waals surface area (Å²) in [4.78, 5) is 13.4. The Hall–Kier alpha value is -2.88. The summed E-state index contributed by atoms with van der Waals surface area (Å²) in [5.74, 6) is -0.144. The summed E-state index contributed by atoms with van der Waals surface area (Å²) in [6, 6.07) is 16.1. The number of carbonyl (C=O) groups is 1. The van der Waals surface area contributed by atoms with Gasteiger partial charge in [-0.25, -0.2) is 0 Å². The topological polar surface area (TPSA) is 67.0 Å². The average Bonchev–Trinajstić information content (AvgIpc) is 3.33. The highest BCUT2D eigenvalue weighted by atomic mass is 32.1. The monoisotopic (exact) mass is 391 g/mol. The van der Waals surface area contributed by atoms with Gasteiger partial charge in [-0.05, 0) is 47.7 Å². The van der Waals surface area contributed by atoms with Crippen LogP contribution in [0.15, 0.2) is 47.8 Å². The summed E-state index contributed by atoms with van der Waals surface area (Å²) < 4.78 is 8.18. The SMILES string of the molecule is CCCC1(c2cccs2)OCC(=O)Nc2ccc(-c3ccc(C#N)n3C)cc21. The fourth-order valence-electron chi connectivity index (χ4n) is 3.91. The number of ether oxygens (including phenoxy) is 1. The quantitative estimate of drug-likeness (QED) is 0.705. The predicted molar refractivity (Wildman–Crippen MR) is 110 cm³/mol. The Labute approximate surface area is 168 Å².